The topological polar surface area (TPSA) is 17.1 Å². The number of allylic oxidation sites excluding steroid dienone is 5. The summed E-state index contributed by atoms with van der Waals surface area (Å²) < 4.78 is 0. The Balaban J connectivity index is 0.000000921. The first-order valence-corrected chi connectivity index (χ1v) is 5.68. The van der Waals surface area contributed by atoms with Crippen molar-refractivity contribution < 1.29 is 4.79 Å². The van der Waals surface area contributed by atoms with E-state index in [-0.39, 0.29) is 0 Å². The molecule has 0 aromatic heterocycles. The predicted octanol–water partition coefficient (Wildman–Crippen LogP) is 4.07. The van der Waals surface area contributed by atoms with Crippen LogP contribution in [-0.4, -0.2) is 5.78 Å². The maximum atomic E-state index is 11.2. The minimum atomic E-state index is 0.319. The molecule has 0 N–H and O–H groups in total. The van der Waals surface area contributed by atoms with Crippen LogP contribution in [0.3, 0.4) is 0 Å². The molecule has 1 fully saturated rings. The molecule has 0 aromatic rings. The summed E-state index contributed by atoms with van der Waals surface area (Å²) in [5, 5.41) is 0. The Morgan fingerprint density at radius 1 is 1.20 bits per heavy atom. The van der Waals surface area contributed by atoms with Gasteiger partial charge in [0.15, 0.2) is 0 Å². The molecule has 1 nitrogen and oxygen atoms in total. The summed E-state index contributed by atoms with van der Waals surface area (Å²) in [7, 11) is 0. The molecule has 0 spiro atoms. The fourth-order valence-electron chi connectivity index (χ4n) is 1.59. The van der Waals surface area contributed by atoms with E-state index in [4.69, 9.17) is 0 Å². The Morgan fingerprint density at radius 2 is 1.73 bits per heavy atom. The third-order valence-electron chi connectivity index (χ3n) is 2.04. The van der Waals surface area contributed by atoms with E-state index in [1.807, 2.05) is 19.9 Å². The van der Waals surface area contributed by atoms with Gasteiger partial charge < -0.3 is 0 Å². The fourth-order valence-corrected chi connectivity index (χ4v) is 1.59. The fraction of sp³-hybridized carbons (Fsp3) is 0.500. The van der Waals surface area contributed by atoms with Gasteiger partial charge in [-0.25, -0.2) is 0 Å². The molecule has 0 saturated heterocycles. The number of ketones is 1. The molecule has 0 heterocycles. The van der Waals surface area contributed by atoms with E-state index >= 15 is 0 Å². The largest absolute Gasteiger partial charge is 0.299 e. The van der Waals surface area contributed by atoms with E-state index in [1.165, 1.54) is 5.57 Å². The normalized spacial score (nSPS) is 20.7. The highest BCUT2D eigenvalue weighted by atomic mass is 16.1. The van der Waals surface area contributed by atoms with E-state index < -0.39 is 0 Å². The number of carbonyl (C=O) groups is 1. The summed E-state index contributed by atoms with van der Waals surface area (Å²) in [5.41, 5.74) is 2.34. The Bertz CT molecular complexity index is 280. The van der Waals surface area contributed by atoms with Gasteiger partial charge in [0.05, 0.1) is 0 Å². The molecule has 15 heavy (non-hydrogen) atoms. The van der Waals surface area contributed by atoms with Crippen molar-refractivity contribution in [2.24, 2.45) is 5.92 Å². The van der Waals surface area contributed by atoms with Gasteiger partial charge in [0, 0.05) is 12.8 Å². The second kappa shape index (κ2) is 7.22. The Hall–Kier alpha value is -1.11. The second-order valence-corrected chi connectivity index (χ2v) is 3.76. The molecule has 1 rings (SSSR count). The molecule has 1 saturated carbocycles. The number of hydrogen-bond acceptors (Lipinski definition) is 1. The highest BCUT2D eigenvalue weighted by Gasteiger charge is 2.20. The zero-order valence-electron chi connectivity index (χ0n) is 10.3. The first kappa shape index (κ1) is 13.9. The van der Waals surface area contributed by atoms with Crippen molar-refractivity contribution in [1.29, 1.82) is 0 Å². The molecule has 0 aromatic carbocycles. The minimum absolute atomic E-state index is 0.319. The molecule has 1 aliphatic carbocycles. The SMILES string of the molecule is C=C/C=C1/CC(=O)C/C1=C/C(C)C.CC. The molecule has 0 amide bonds. The van der Waals surface area contributed by atoms with Crippen LogP contribution in [0.2, 0.25) is 0 Å². The van der Waals surface area contributed by atoms with Crippen molar-refractivity contribution in [3.8, 4) is 0 Å². The summed E-state index contributed by atoms with van der Waals surface area (Å²) >= 11 is 0. The van der Waals surface area contributed by atoms with Crippen molar-refractivity contribution in [1.82, 2.24) is 0 Å². The van der Waals surface area contributed by atoms with Crippen LogP contribution in [0.25, 0.3) is 0 Å². The third-order valence-corrected chi connectivity index (χ3v) is 2.04. The third kappa shape index (κ3) is 4.78. The van der Waals surface area contributed by atoms with Crippen LogP contribution in [0, 0.1) is 5.92 Å². The van der Waals surface area contributed by atoms with Crippen molar-refractivity contribution in [2.45, 2.75) is 40.5 Å². The second-order valence-electron chi connectivity index (χ2n) is 3.76. The maximum Gasteiger partial charge on any atom is 0.141 e. The molecule has 0 aliphatic heterocycles. The summed E-state index contributed by atoms with van der Waals surface area (Å²) in [5.74, 6) is 0.828. The lowest BCUT2D eigenvalue weighted by Crippen LogP contribution is -1.86. The minimum Gasteiger partial charge on any atom is -0.299 e. The summed E-state index contributed by atoms with van der Waals surface area (Å²) in [6, 6.07) is 0. The van der Waals surface area contributed by atoms with E-state index in [2.05, 4.69) is 26.5 Å². The maximum absolute atomic E-state index is 11.2. The number of Topliss-reactive ketones (excluding diaryl/α,β-unsaturated/α-hetero) is 1. The lowest BCUT2D eigenvalue weighted by atomic mass is 10.0. The molecule has 1 aliphatic rings. The zero-order chi connectivity index (χ0) is 11.8. The number of carbonyl (C=O) groups excluding carboxylic acids is 1. The molecule has 1 heteroatoms. The van der Waals surface area contributed by atoms with Crippen molar-refractivity contribution in [3.05, 3.63) is 36.0 Å². The highest BCUT2D eigenvalue weighted by Crippen LogP contribution is 2.28. The molecular formula is C14H22O. The first-order valence-electron chi connectivity index (χ1n) is 5.68. The smallest absolute Gasteiger partial charge is 0.141 e. The summed E-state index contributed by atoms with van der Waals surface area (Å²) in [4.78, 5) is 11.2. The lowest BCUT2D eigenvalue weighted by molar-refractivity contribution is -0.116. The van der Waals surface area contributed by atoms with E-state index in [9.17, 15) is 4.79 Å². The molecule has 0 radical (unpaired) electrons. The standard InChI is InChI=1S/C12H16O.C2H6/c1-4-5-10-7-12(13)8-11(10)6-9(2)3;1-2/h4-6,9H,1,7-8H2,2-3H3;1-2H3/b10-5-,11-6-;. The summed E-state index contributed by atoms with van der Waals surface area (Å²) in [6.45, 7) is 11.9. The van der Waals surface area contributed by atoms with Gasteiger partial charge >= 0.3 is 0 Å². The Morgan fingerprint density at radius 3 is 2.20 bits per heavy atom. The molecule has 0 atom stereocenters. The van der Waals surface area contributed by atoms with Gasteiger partial charge in [0.1, 0.15) is 5.78 Å². The van der Waals surface area contributed by atoms with Gasteiger partial charge in [-0.3, -0.25) is 4.79 Å². The van der Waals surface area contributed by atoms with Crippen molar-refractivity contribution >= 4 is 5.78 Å². The van der Waals surface area contributed by atoms with Crippen molar-refractivity contribution in [3.63, 3.8) is 0 Å². The summed E-state index contributed by atoms with van der Waals surface area (Å²) in [6.07, 6.45) is 7.06. The lowest BCUT2D eigenvalue weighted by Gasteiger charge is -2.01. The van der Waals surface area contributed by atoms with Crippen LogP contribution in [0.4, 0.5) is 0 Å². The van der Waals surface area contributed by atoms with E-state index in [0.29, 0.717) is 24.5 Å². The van der Waals surface area contributed by atoms with Crippen LogP contribution in [-0.2, 0) is 4.79 Å². The van der Waals surface area contributed by atoms with Gasteiger partial charge in [0.25, 0.3) is 0 Å². The van der Waals surface area contributed by atoms with Gasteiger partial charge in [0.2, 0.25) is 0 Å². The number of rotatable bonds is 2. The Labute approximate surface area is 93.6 Å². The highest BCUT2D eigenvalue weighted by molar-refractivity contribution is 5.89. The molecular weight excluding hydrogens is 184 g/mol. The van der Waals surface area contributed by atoms with Crippen LogP contribution in [0.1, 0.15) is 40.5 Å². The molecule has 0 unspecified atom stereocenters. The van der Waals surface area contributed by atoms with Gasteiger partial charge in [-0.2, -0.15) is 0 Å². The van der Waals surface area contributed by atoms with Gasteiger partial charge in [-0.05, 0) is 17.1 Å². The van der Waals surface area contributed by atoms with Gasteiger partial charge in [-0.15, -0.1) is 0 Å². The quantitative estimate of drug-likeness (QED) is 0.665. The Kier molecular flexibility index (Phi) is 6.68. The van der Waals surface area contributed by atoms with Crippen LogP contribution >= 0.6 is 0 Å². The van der Waals surface area contributed by atoms with Crippen LogP contribution in [0.15, 0.2) is 36.0 Å². The van der Waals surface area contributed by atoms with E-state index in [1.54, 1.807) is 6.08 Å². The zero-order valence-corrected chi connectivity index (χ0v) is 10.3. The van der Waals surface area contributed by atoms with Crippen molar-refractivity contribution in [2.75, 3.05) is 0 Å². The monoisotopic (exact) mass is 206 g/mol. The molecule has 0 bridgehead atoms. The average Bonchev–Trinajstić information content (AvgIpc) is 2.49. The van der Waals surface area contributed by atoms with Crippen LogP contribution in [0.5, 0.6) is 0 Å². The van der Waals surface area contributed by atoms with E-state index in [0.717, 1.165) is 5.57 Å². The first-order chi connectivity index (χ1) is 7.13. The predicted molar refractivity (Wildman–Crippen MR) is 66.8 cm³/mol. The van der Waals surface area contributed by atoms with Crippen LogP contribution < -0.4 is 0 Å². The molecule has 84 valence electrons. The number of hydrogen-bond donors (Lipinski definition) is 0. The van der Waals surface area contributed by atoms with Gasteiger partial charge in [-0.1, -0.05) is 52.5 Å². The average molecular weight is 206 g/mol.